The van der Waals surface area contributed by atoms with Crippen molar-refractivity contribution < 1.29 is 9.47 Å². The maximum Gasteiger partial charge on any atom is 0.245 e. The molecular weight excluding hydrogens is 152 g/mol. The zero-order valence-corrected chi connectivity index (χ0v) is 6.00. The van der Waals surface area contributed by atoms with Crippen molar-refractivity contribution in [2.75, 3.05) is 13.2 Å². The Bertz CT molecular complexity index is 197. The molecule has 0 radical (unpaired) electrons. The van der Waals surface area contributed by atoms with Crippen molar-refractivity contribution in [1.29, 1.82) is 0 Å². The lowest BCUT2D eigenvalue weighted by molar-refractivity contribution is 0.257. The Morgan fingerprint density at radius 1 is 1.90 bits per heavy atom. The van der Waals surface area contributed by atoms with E-state index in [1.54, 1.807) is 6.20 Å². The van der Waals surface area contributed by atoms with Gasteiger partial charge in [-0.1, -0.05) is 0 Å². The molecule has 0 N–H and O–H groups in total. The Morgan fingerprint density at radius 2 is 2.80 bits per heavy atom. The van der Waals surface area contributed by atoms with E-state index in [1.807, 2.05) is 0 Å². The number of aromatic nitrogens is 2. The second-order valence-corrected chi connectivity index (χ2v) is 2.57. The highest BCUT2D eigenvalue weighted by molar-refractivity contribution is 6.99. The number of nitrogens with zero attached hydrogens (tertiary/aromatic N) is 2. The molecule has 1 fully saturated rings. The lowest BCUT2D eigenvalue weighted by atomic mass is 10.5. The molecule has 0 saturated carbocycles. The predicted octanol–water partition coefficient (Wildman–Crippen LogP) is 0.316. The molecule has 54 valence electrons. The van der Waals surface area contributed by atoms with Gasteiger partial charge in [0.1, 0.15) is 18.9 Å². The molecule has 10 heavy (non-hydrogen) atoms. The summed E-state index contributed by atoms with van der Waals surface area (Å²) in [5, 5.41) is 0. The molecule has 5 heteroatoms. The lowest BCUT2D eigenvalue weighted by Gasteiger charge is -1.95. The van der Waals surface area contributed by atoms with Crippen LogP contribution in [-0.4, -0.2) is 28.1 Å². The summed E-state index contributed by atoms with van der Waals surface area (Å²) in [6, 6.07) is 0. The van der Waals surface area contributed by atoms with E-state index < -0.39 is 0 Å². The van der Waals surface area contributed by atoms with Crippen molar-refractivity contribution >= 4 is 11.7 Å². The van der Waals surface area contributed by atoms with Crippen molar-refractivity contribution in [1.82, 2.24) is 8.75 Å². The van der Waals surface area contributed by atoms with Gasteiger partial charge in [0.25, 0.3) is 0 Å². The quantitative estimate of drug-likeness (QED) is 0.594. The first-order chi connectivity index (χ1) is 4.95. The fourth-order valence-electron chi connectivity index (χ4n) is 0.562. The summed E-state index contributed by atoms with van der Waals surface area (Å²) in [6.45, 7) is 1.42. The van der Waals surface area contributed by atoms with Gasteiger partial charge in [0.05, 0.1) is 18.3 Å². The van der Waals surface area contributed by atoms with Gasteiger partial charge in [-0.05, 0) is 0 Å². The SMILES string of the molecule is c1nsnc1OC[C@@H]1CO1. The first-order valence-electron chi connectivity index (χ1n) is 2.97. The molecule has 0 spiro atoms. The van der Waals surface area contributed by atoms with Gasteiger partial charge in [0.15, 0.2) is 0 Å². The van der Waals surface area contributed by atoms with Gasteiger partial charge < -0.3 is 9.47 Å². The van der Waals surface area contributed by atoms with Crippen LogP contribution >= 0.6 is 11.7 Å². The second-order valence-electron chi connectivity index (χ2n) is 2.01. The first-order valence-corrected chi connectivity index (χ1v) is 3.70. The minimum absolute atomic E-state index is 0.293. The smallest absolute Gasteiger partial charge is 0.245 e. The van der Waals surface area contributed by atoms with Crippen LogP contribution in [0.2, 0.25) is 0 Å². The highest BCUT2D eigenvalue weighted by Gasteiger charge is 2.23. The van der Waals surface area contributed by atoms with Crippen LogP contribution in [0.3, 0.4) is 0 Å². The number of rotatable bonds is 3. The average Bonchev–Trinajstić information content (AvgIpc) is 2.63. The third-order valence-corrected chi connectivity index (χ3v) is 1.62. The zero-order valence-electron chi connectivity index (χ0n) is 5.19. The van der Waals surface area contributed by atoms with E-state index >= 15 is 0 Å². The highest BCUT2D eigenvalue weighted by atomic mass is 32.1. The van der Waals surface area contributed by atoms with Crippen LogP contribution in [0, 0.1) is 0 Å². The molecule has 0 aromatic carbocycles. The molecule has 1 aromatic rings. The van der Waals surface area contributed by atoms with Crippen LogP contribution in [0.25, 0.3) is 0 Å². The van der Waals surface area contributed by atoms with Crippen molar-refractivity contribution in [3.05, 3.63) is 6.20 Å². The van der Waals surface area contributed by atoms with Gasteiger partial charge in [0.2, 0.25) is 5.88 Å². The summed E-state index contributed by atoms with van der Waals surface area (Å²) in [7, 11) is 0. The average molecular weight is 158 g/mol. The van der Waals surface area contributed by atoms with Crippen LogP contribution in [0.5, 0.6) is 5.88 Å². The van der Waals surface area contributed by atoms with Crippen LogP contribution in [-0.2, 0) is 4.74 Å². The van der Waals surface area contributed by atoms with E-state index in [0.29, 0.717) is 18.6 Å². The molecule has 1 aromatic heterocycles. The Balaban J connectivity index is 1.79. The van der Waals surface area contributed by atoms with Gasteiger partial charge in [-0.2, -0.15) is 4.37 Å². The van der Waals surface area contributed by atoms with E-state index in [9.17, 15) is 0 Å². The second kappa shape index (κ2) is 2.51. The van der Waals surface area contributed by atoms with Crippen molar-refractivity contribution in [2.24, 2.45) is 0 Å². The largest absolute Gasteiger partial charge is 0.473 e. The molecule has 4 nitrogen and oxygen atoms in total. The summed E-state index contributed by atoms with van der Waals surface area (Å²) >= 11 is 1.15. The number of epoxide rings is 1. The lowest BCUT2D eigenvalue weighted by Crippen LogP contribution is -2.03. The third kappa shape index (κ3) is 1.43. The molecule has 0 bridgehead atoms. The van der Waals surface area contributed by atoms with E-state index in [2.05, 4.69) is 8.75 Å². The molecule has 0 aliphatic carbocycles. The fraction of sp³-hybridized carbons (Fsp3) is 0.600. The van der Waals surface area contributed by atoms with Crippen LogP contribution in [0.1, 0.15) is 0 Å². The highest BCUT2D eigenvalue weighted by Crippen LogP contribution is 2.11. The van der Waals surface area contributed by atoms with E-state index in [0.717, 1.165) is 18.3 Å². The van der Waals surface area contributed by atoms with E-state index in [-0.39, 0.29) is 0 Å². The molecule has 2 rings (SSSR count). The minimum Gasteiger partial charge on any atom is -0.473 e. The molecule has 1 aliphatic rings. The molecule has 1 aliphatic heterocycles. The first kappa shape index (κ1) is 6.06. The predicted molar refractivity (Wildman–Crippen MR) is 35.1 cm³/mol. The topological polar surface area (TPSA) is 47.5 Å². The van der Waals surface area contributed by atoms with E-state index in [1.165, 1.54) is 0 Å². The minimum atomic E-state index is 0.293. The molecular formula is C5H6N2O2S. The number of hydrogen-bond acceptors (Lipinski definition) is 5. The van der Waals surface area contributed by atoms with Crippen LogP contribution in [0.15, 0.2) is 6.20 Å². The summed E-state index contributed by atoms with van der Waals surface area (Å²) in [5.41, 5.74) is 0. The van der Waals surface area contributed by atoms with E-state index in [4.69, 9.17) is 9.47 Å². The Hall–Kier alpha value is -0.680. The standard InChI is InChI=1S/C5H6N2O2S/c1-5(7-10-6-1)9-3-4-2-8-4/h1,4H,2-3H2/t4-/m0/s1. The molecule has 0 unspecified atom stereocenters. The van der Waals surface area contributed by atoms with Crippen LogP contribution in [0.4, 0.5) is 0 Å². The summed E-state index contributed by atoms with van der Waals surface area (Å²) in [6.07, 6.45) is 1.90. The van der Waals surface area contributed by atoms with Crippen LogP contribution < -0.4 is 4.74 Å². The van der Waals surface area contributed by atoms with Crippen molar-refractivity contribution in [2.45, 2.75) is 6.10 Å². The normalized spacial score (nSPS) is 22.6. The van der Waals surface area contributed by atoms with Gasteiger partial charge in [-0.3, -0.25) is 0 Å². The van der Waals surface area contributed by atoms with Gasteiger partial charge >= 0.3 is 0 Å². The Morgan fingerprint density at radius 3 is 3.40 bits per heavy atom. The molecule has 0 amide bonds. The maximum absolute atomic E-state index is 5.18. The number of hydrogen-bond donors (Lipinski definition) is 0. The zero-order chi connectivity index (χ0) is 6.81. The van der Waals surface area contributed by atoms with Gasteiger partial charge in [-0.15, -0.1) is 4.37 Å². The maximum atomic E-state index is 5.18. The monoisotopic (exact) mass is 158 g/mol. The van der Waals surface area contributed by atoms with Crippen molar-refractivity contribution in [3.8, 4) is 5.88 Å². The molecule has 1 saturated heterocycles. The number of ether oxygens (including phenoxy) is 2. The van der Waals surface area contributed by atoms with Crippen molar-refractivity contribution in [3.63, 3.8) is 0 Å². The summed E-state index contributed by atoms with van der Waals surface area (Å²) in [4.78, 5) is 0. The summed E-state index contributed by atoms with van der Waals surface area (Å²) in [5.74, 6) is 0.598. The molecule has 1 atom stereocenters. The third-order valence-electron chi connectivity index (χ3n) is 1.16. The Labute approximate surface area is 62.1 Å². The Kier molecular flexibility index (Phi) is 1.52. The van der Waals surface area contributed by atoms with Gasteiger partial charge in [0, 0.05) is 0 Å². The molecule has 2 heterocycles. The summed E-state index contributed by atoms with van der Waals surface area (Å²) < 4.78 is 17.8. The fourth-order valence-corrected chi connectivity index (χ4v) is 0.927. The van der Waals surface area contributed by atoms with Gasteiger partial charge in [-0.25, -0.2) is 0 Å².